The van der Waals surface area contributed by atoms with Gasteiger partial charge in [0.2, 0.25) is 0 Å². The van der Waals surface area contributed by atoms with E-state index in [1.807, 2.05) is 6.08 Å². The van der Waals surface area contributed by atoms with Gasteiger partial charge in [0.1, 0.15) is 0 Å². The smallest absolute Gasteiger partial charge is 0.159 e. The Morgan fingerprint density at radius 1 is 1.33 bits per heavy atom. The minimum atomic E-state index is -0.419. The first-order chi connectivity index (χ1) is 5.79. The van der Waals surface area contributed by atoms with Crippen molar-refractivity contribution in [2.45, 2.75) is 18.9 Å². The van der Waals surface area contributed by atoms with Crippen molar-refractivity contribution in [1.82, 2.24) is 0 Å². The van der Waals surface area contributed by atoms with Crippen molar-refractivity contribution >= 4 is 5.78 Å². The number of fused-ring (bicyclic) bond motifs is 1. The second-order valence-corrected chi connectivity index (χ2v) is 3.47. The van der Waals surface area contributed by atoms with Crippen LogP contribution in [0.2, 0.25) is 0 Å². The van der Waals surface area contributed by atoms with Crippen LogP contribution in [0.3, 0.4) is 0 Å². The molecule has 64 valence electrons. The first-order valence-electron chi connectivity index (χ1n) is 4.34. The molecule has 0 amide bonds. The Morgan fingerprint density at radius 3 is 2.83 bits per heavy atom. The van der Waals surface area contributed by atoms with Gasteiger partial charge in [0.25, 0.3) is 0 Å². The number of aliphatic hydroxyl groups excluding tert-OH is 1. The van der Waals surface area contributed by atoms with Gasteiger partial charge >= 0.3 is 0 Å². The molecule has 0 spiro atoms. The molecular weight excluding hydrogens is 152 g/mol. The van der Waals surface area contributed by atoms with E-state index in [2.05, 4.69) is 6.08 Å². The van der Waals surface area contributed by atoms with E-state index in [4.69, 9.17) is 0 Å². The summed E-state index contributed by atoms with van der Waals surface area (Å²) in [5, 5.41) is 9.55. The van der Waals surface area contributed by atoms with Crippen LogP contribution in [-0.4, -0.2) is 17.0 Å². The van der Waals surface area contributed by atoms with E-state index in [0.29, 0.717) is 0 Å². The Balaban J connectivity index is 2.26. The Kier molecular flexibility index (Phi) is 1.85. The van der Waals surface area contributed by atoms with E-state index < -0.39 is 6.10 Å². The molecule has 0 heterocycles. The maximum absolute atomic E-state index is 11.3. The predicted octanol–water partition coefficient (Wildman–Crippen LogP) is 1.07. The van der Waals surface area contributed by atoms with Gasteiger partial charge in [0.05, 0.1) is 6.10 Å². The molecule has 2 rings (SSSR count). The Morgan fingerprint density at radius 2 is 2.08 bits per heavy atom. The quantitative estimate of drug-likeness (QED) is 0.544. The number of carbonyl (C=O) groups is 1. The van der Waals surface area contributed by atoms with Gasteiger partial charge in [-0.2, -0.15) is 0 Å². The number of allylic oxidation sites excluding steroid dienone is 3. The van der Waals surface area contributed by atoms with Gasteiger partial charge in [-0.25, -0.2) is 0 Å². The van der Waals surface area contributed by atoms with Gasteiger partial charge < -0.3 is 5.11 Å². The van der Waals surface area contributed by atoms with Crippen molar-refractivity contribution in [1.29, 1.82) is 0 Å². The van der Waals surface area contributed by atoms with Crippen LogP contribution < -0.4 is 0 Å². The number of carbonyl (C=O) groups excluding carboxylic acids is 1. The summed E-state index contributed by atoms with van der Waals surface area (Å²) in [5.41, 5.74) is 0. The van der Waals surface area contributed by atoms with Crippen LogP contribution in [0.5, 0.6) is 0 Å². The van der Waals surface area contributed by atoms with E-state index in [1.165, 1.54) is 6.08 Å². The number of hydrogen-bond donors (Lipinski definition) is 1. The highest BCUT2D eigenvalue weighted by Gasteiger charge is 2.34. The highest BCUT2D eigenvalue weighted by atomic mass is 16.3. The average Bonchev–Trinajstić information content (AvgIpc) is 2.12. The second kappa shape index (κ2) is 2.87. The fourth-order valence-electron chi connectivity index (χ4n) is 2.00. The van der Waals surface area contributed by atoms with E-state index in [9.17, 15) is 9.90 Å². The van der Waals surface area contributed by atoms with Crippen molar-refractivity contribution in [2.24, 2.45) is 11.8 Å². The standard InChI is InChI=1S/C10H12O2/c11-9-5-6-10(12)8-4-2-1-3-7(8)9/h1-2,5-9,11H,3-4H2/t7-,8+,9+/m1/s1. The molecule has 2 aliphatic carbocycles. The first-order valence-corrected chi connectivity index (χ1v) is 4.34. The average molecular weight is 164 g/mol. The zero-order chi connectivity index (χ0) is 8.55. The normalized spacial score (nSPS) is 39.8. The number of ketones is 1. The van der Waals surface area contributed by atoms with E-state index in [-0.39, 0.29) is 17.6 Å². The van der Waals surface area contributed by atoms with Crippen molar-refractivity contribution in [2.75, 3.05) is 0 Å². The Bertz CT molecular complexity index is 253. The van der Waals surface area contributed by atoms with Crippen LogP contribution >= 0.6 is 0 Å². The first kappa shape index (κ1) is 7.74. The highest BCUT2D eigenvalue weighted by Crippen LogP contribution is 2.32. The lowest BCUT2D eigenvalue weighted by Crippen LogP contribution is -2.35. The van der Waals surface area contributed by atoms with Crippen molar-refractivity contribution in [3.8, 4) is 0 Å². The second-order valence-electron chi connectivity index (χ2n) is 3.47. The van der Waals surface area contributed by atoms with Gasteiger partial charge in [-0.05, 0) is 18.9 Å². The Labute approximate surface area is 71.6 Å². The van der Waals surface area contributed by atoms with Crippen LogP contribution in [0.4, 0.5) is 0 Å². The number of rotatable bonds is 0. The topological polar surface area (TPSA) is 37.3 Å². The summed E-state index contributed by atoms with van der Waals surface area (Å²) < 4.78 is 0. The highest BCUT2D eigenvalue weighted by molar-refractivity contribution is 5.93. The SMILES string of the molecule is O=C1C=C[C@H](O)[C@@H]2CC=CC[C@H]12. The molecule has 2 nitrogen and oxygen atoms in total. The summed E-state index contributed by atoms with van der Waals surface area (Å²) in [4.78, 5) is 11.3. The Hall–Kier alpha value is -0.890. The van der Waals surface area contributed by atoms with Crippen LogP contribution in [0, 0.1) is 11.8 Å². The zero-order valence-electron chi connectivity index (χ0n) is 6.81. The molecule has 0 bridgehead atoms. The van der Waals surface area contributed by atoms with Gasteiger partial charge in [-0.15, -0.1) is 0 Å². The third-order valence-electron chi connectivity index (χ3n) is 2.74. The molecule has 0 saturated heterocycles. The lowest BCUT2D eigenvalue weighted by molar-refractivity contribution is -0.122. The fourth-order valence-corrected chi connectivity index (χ4v) is 2.00. The minimum Gasteiger partial charge on any atom is -0.389 e. The van der Waals surface area contributed by atoms with Crippen LogP contribution in [-0.2, 0) is 4.79 Å². The van der Waals surface area contributed by atoms with Crippen molar-refractivity contribution < 1.29 is 9.90 Å². The number of aliphatic hydroxyl groups is 1. The summed E-state index contributed by atoms with van der Waals surface area (Å²) in [5.74, 6) is 0.345. The molecule has 0 aliphatic heterocycles. The molecule has 0 aromatic rings. The molecule has 1 N–H and O–H groups in total. The predicted molar refractivity (Wildman–Crippen MR) is 45.5 cm³/mol. The summed E-state index contributed by atoms with van der Waals surface area (Å²) in [6.45, 7) is 0. The van der Waals surface area contributed by atoms with Crippen LogP contribution in [0.15, 0.2) is 24.3 Å². The summed E-state index contributed by atoms with van der Waals surface area (Å²) in [6.07, 6.45) is 8.43. The van der Waals surface area contributed by atoms with Gasteiger partial charge in [-0.3, -0.25) is 4.79 Å². The van der Waals surface area contributed by atoms with E-state index in [1.54, 1.807) is 6.08 Å². The van der Waals surface area contributed by atoms with Gasteiger partial charge in [-0.1, -0.05) is 18.2 Å². The van der Waals surface area contributed by atoms with Crippen molar-refractivity contribution in [3.63, 3.8) is 0 Å². The molecule has 0 aromatic heterocycles. The fraction of sp³-hybridized carbons (Fsp3) is 0.500. The van der Waals surface area contributed by atoms with E-state index >= 15 is 0 Å². The zero-order valence-corrected chi connectivity index (χ0v) is 6.81. The minimum absolute atomic E-state index is 0.0370. The maximum Gasteiger partial charge on any atom is 0.159 e. The molecule has 2 aliphatic rings. The third kappa shape index (κ3) is 1.12. The van der Waals surface area contributed by atoms with Crippen molar-refractivity contribution in [3.05, 3.63) is 24.3 Å². The molecule has 3 atom stereocenters. The molecule has 0 unspecified atom stereocenters. The monoisotopic (exact) mass is 164 g/mol. The summed E-state index contributed by atoms with van der Waals surface area (Å²) in [7, 11) is 0. The summed E-state index contributed by atoms with van der Waals surface area (Å²) >= 11 is 0. The summed E-state index contributed by atoms with van der Waals surface area (Å²) in [6, 6.07) is 0. The molecule has 0 aromatic carbocycles. The maximum atomic E-state index is 11.3. The van der Waals surface area contributed by atoms with Gasteiger partial charge in [0.15, 0.2) is 5.78 Å². The van der Waals surface area contributed by atoms with Crippen LogP contribution in [0.25, 0.3) is 0 Å². The molecule has 2 heteroatoms. The van der Waals surface area contributed by atoms with Crippen LogP contribution in [0.1, 0.15) is 12.8 Å². The van der Waals surface area contributed by atoms with E-state index in [0.717, 1.165) is 12.8 Å². The molecule has 0 radical (unpaired) electrons. The molecule has 12 heavy (non-hydrogen) atoms. The third-order valence-corrected chi connectivity index (χ3v) is 2.74. The molecule has 0 fully saturated rings. The lowest BCUT2D eigenvalue weighted by atomic mass is 9.74. The largest absolute Gasteiger partial charge is 0.389 e. The molecule has 0 saturated carbocycles. The lowest BCUT2D eigenvalue weighted by Gasteiger charge is -2.31. The number of hydrogen-bond acceptors (Lipinski definition) is 2. The van der Waals surface area contributed by atoms with Gasteiger partial charge in [0, 0.05) is 11.8 Å². The molecular formula is C10H12O2.